The number of amides is 3. The Morgan fingerprint density at radius 3 is 2.35 bits per heavy atom. The van der Waals surface area contributed by atoms with E-state index in [2.05, 4.69) is 16.0 Å². The summed E-state index contributed by atoms with van der Waals surface area (Å²) in [5.74, 6) is -0.380. The molecule has 0 aliphatic rings. The maximum atomic E-state index is 11.4. The minimum Gasteiger partial charge on any atom is -0.341 e. The number of hydrogen-bond acceptors (Lipinski definition) is 4. The molecule has 0 rings (SSSR count). The molecule has 0 saturated heterocycles. The van der Waals surface area contributed by atoms with E-state index in [1.807, 2.05) is 6.92 Å². The predicted molar refractivity (Wildman–Crippen MR) is 68.2 cm³/mol. The summed E-state index contributed by atoms with van der Waals surface area (Å²) in [7, 11) is 0.592. The lowest BCUT2D eigenvalue weighted by molar-refractivity contribution is -0.121. The molecule has 0 bridgehead atoms. The van der Waals surface area contributed by atoms with Crippen molar-refractivity contribution in [1.82, 2.24) is 16.0 Å². The minimum absolute atomic E-state index is 0.0942. The standard InChI is InChI=1S/C10H21N3O3S/c1-7(17(4)16)5-6-12-8(2)9(14)13-10(15)11-3/h7-8,12H,5-6H2,1-4H3,(H2,11,13,14,15). The van der Waals surface area contributed by atoms with Crippen molar-refractivity contribution >= 4 is 22.7 Å². The zero-order valence-corrected chi connectivity index (χ0v) is 11.5. The fourth-order valence-corrected chi connectivity index (χ4v) is 1.49. The van der Waals surface area contributed by atoms with Gasteiger partial charge in [0.05, 0.1) is 6.04 Å². The third-order valence-electron chi connectivity index (χ3n) is 2.43. The van der Waals surface area contributed by atoms with Crippen molar-refractivity contribution in [3.63, 3.8) is 0 Å². The fourth-order valence-electron chi connectivity index (χ4n) is 1.04. The van der Waals surface area contributed by atoms with Crippen LogP contribution in [0.15, 0.2) is 0 Å². The van der Waals surface area contributed by atoms with Crippen molar-refractivity contribution in [3.8, 4) is 0 Å². The second-order valence-electron chi connectivity index (χ2n) is 3.84. The lowest BCUT2D eigenvalue weighted by atomic mass is 10.2. The van der Waals surface area contributed by atoms with E-state index < -0.39 is 22.9 Å². The van der Waals surface area contributed by atoms with E-state index in [9.17, 15) is 13.8 Å². The minimum atomic E-state index is -0.851. The molecule has 0 aliphatic heterocycles. The smallest absolute Gasteiger partial charge is 0.321 e. The van der Waals surface area contributed by atoms with Gasteiger partial charge < -0.3 is 10.6 Å². The van der Waals surface area contributed by atoms with Gasteiger partial charge in [0.1, 0.15) is 0 Å². The maximum absolute atomic E-state index is 11.4. The molecule has 0 saturated carbocycles. The third-order valence-corrected chi connectivity index (χ3v) is 3.79. The number of carbonyl (C=O) groups excluding carboxylic acids is 2. The van der Waals surface area contributed by atoms with Gasteiger partial charge in [-0.05, 0) is 19.9 Å². The van der Waals surface area contributed by atoms with Gasteiger partial charge in [-0.2, -0.15) is 0 Å². The normalized spacial score (nSPS) is 15.8. The van der Waals surface area contributed by atoms with E-state index in [0.717, 1.165) is 6.42 Å². The van der Waals surface area contributed by atoms with E-state index in [-0.39, 0.29) is 11.2 Å². The summed E-state index contributed by atoms with van der Waals surface area (Å²) < 4.78 is 11.1. The van der Waals surface area contributed by atoms with Crippen molar-refractivity contribution < 1.29 is 13.8 Å². The van der Waals surface area contributed by atoms with Gasteiger partial charge in [-0.15, -0.1) is 0 Å². The number of nitrogens with one attached hydrogen (secondary N) is 3. The van der Waals surface area contributed by atoms with Crippen LogP contribution in [0.2, 0.25) is 0 Å². The Morgan fingerprint density at radius 1 is 1.29 bits per heavy atom. The molecule has 0 aromatic rings. The van der Waals surface area contributed by atoms with Gasteiger partial charge in [-0.1, -0.05) is 6.92 Å². The van der Waals surface area contributed by atoms with E-state index >= 15 is 0 Å². The highest BCUT2D eigenvalue weighted by molar-refractivity contribution is 7.84. The van der Waals surface area contributed by atoms with Crippen molar-refractivity contribution in [1.29, 1.82) is 0 Å². The quantitative estimate of drug-likeness (QED) is 0.607. The summed E-state index contributed by atoms with van der Waals surface area (Å²) in [5, 5.41) is 7.55. The van der Waals surface area contributed by atoms with Crippen molar-refractivity contribution in [2.45, 2.75) is 31.6 Å². The Balaban J connectivity index is 3.86. The van der Waals surface area contributed by atoms with Crippen LogP contribution < -0.4 is 16.0 Å². The molecule has 3 unspecified atom stereocenters. The Morgan fingerprint density at radius 2 is 1.88 bits per heavy atom. The number of carbonyl (C=O) groups is 2. The van der Waals surface area contributed by atoms with Crippen LogP contribution in [-0.2, 0) is 15.6 Å². The fraction of sp³-hybridized carbons (Fsp3) is 0.800. The van der Waals surface area contributed by atoms with E-state index in [1.54, 1.807) is 13.2 Å². The molecule has 0 heterocycles. The number of urea groups is 1. The lowest BCUT2D eigenvalue weighted by Gasteiger charge is -2.14. The zero-order chi connectivity index (χ0) is 13.4. The van der Waals surface area contributed by atoms with Crippen LogP contribution in [0, 0.1) is 0 Å². The molecule has 0 spiro atoms. The average molecular weight is 263 g/mol. The molecule has 0 aliphatic carbocycles. The molecule has 0 fully saturated rings. The van der Waals surface area contributed by atoms with Gasteiger partial charge in [0.15, 0.2) is 0 Å². The first-order valence-electron chi connectivity index (χ1n) is 5.46. The van der Waals surface area contributed by atoms with Gasteiger partial charge in [-0.3, -0.25) is 14.3 Å². The molecule has 100 valence electrons. The summed E-state index contributed by atoms with van der Waals surface area (Å²) >= 11 is 0. The summed E-state index contributed by atoms with van der Waals surface area (Å²) in [6, 6.07) is -0.975. The van der Waals surface area contributed by atoms with E-state index in [4.69, 9.17) is 0 Å². The van der Waals surface area contributed by atoms with Gasteiger partial charge in [0.2, 0.25) is 5.91 Å². The molecule has 3 atom stereocenters. The molecule has 17 heavy (non-hydrogen) atoms. The average Bonchev–Trinajstić information content (AvgIpc) is 2.28. The predicted octanol–water partition coefficient (Wildman–Crippen LogP) is -0.423. The SMILES string of the molecule is CNC(=O)NC(=O)C(C)NCCC(C)S(C)=O. The third kappa shape index (κ3) is 7.06. The highest BCUT2D eigenvalue weighted by atomic mass is 32.2. The van der Waals surface area contributed by atoms with E-state index in [1.165, 1.54) is 7.05 Å². The topological polar surface area (TPSA) is 87.3 Å². The van der Waals surface area contributed by atoms with E-state index in [0.29, 0.717) is 6.54 Å². The molecule has 6 nitrogen and oxygen atoms in total. The summed E-state index contributed by atoms with van der Waals surface area (Å²) in [6.07, 6.45) is 2.38. The summed E-state index contributed by atoms with van der Waals surface area (Å²) in [4.78, 5) is 22.3. The summed E-state index contributed by atoms with van der Waals surface area (Å²) in [6.45, 7) is 4.15. The monoisotopic (exact) mass is 263 g/mol. The van der Waals surface area contributed by atoms with Gasteiger partial charge in [0, 0.05) is 29.4 Å². The Kier molecular flexibility index (Phi) is 7.73. The molecule has 3 amide bonds. The number of imide groups is 1. The second-order valence-corrected chi connectivity index (χ2v) is 5.64. The Bertz CT molecular complexity index is 297. The molecular formula is C10H21N3O3S. The lowest BCUT2D eigenvalue weighted by Crippen LogP contribution is -2.47. The molecule has 0 aromatic heterocycles. The first-order valence-corrected chi connectivity index (χ1v) is 7.08. The van der Waals surface area contributed by atoms with Crippen LogP contribution >= 0.6 is 0 Å². The second kappa shape index (κ2) is 8.19. The zero-order valence-electron chi connectivity index (χ0n) is 10.7. The van der Waals surface area contributed by atoms with Crippen LogP contribution in [0.1, 0.15) is 20.3 Å². The largest absolute Gasteiger partial charge is 0.341 e. The van der Waals surface area contributed by atoms with Crippen molar-refractivity contribution in [2.24, 2.45) is 0 Å². The van der Waals surface area contributed by atoms with Gasteiger partial charge in [0.25, 0.3) is 0 Å². The van der Waals surface area contributed by atoms with Gasteiger partial charge >= 0.3 is 6.03 Å². The van der Waals surface area contributed by atoms with Crippen LogP contribution in [0.5, 0.6) is 0 Å². The van der Waals surface area contributed by atoms with Crippen molar-refractivity contribution in [3.05, 3.63) is 0 Å². The molecule has 0 aromatic carbocycles. The Hall–Kier alpha value is -0.950. The van der Waals surface area contributed by atoms with Crippen LogP contribution in [0.3, 0.4) is 0 Å². The van der Waals surface area contributed by atoms with Crippen molar-refractivity contribution in [2.75, 3.05) is 19.8 Å². The first kappa shape index (κ1) is 16.1. The molecule has 0 radical (unpaired) electrons. The number of hydrogen-bond donors (Lipinski definition) is 3. The molecular weight excluding hydrogens is 242 g/mol. The van der Waals surface area contributed by atoms with Gasteiger partial charge in [-0.25, -0.2) is 4.79 Å². The van der Waals surface area contributed by atoms with Crippen LogP contribution in [0.4, 0.5) is 4.79 Å². The van der Waals surface area contributed by atoms with Crippen LogP contribution in [0.25, 0.3) is 0 Å². The first-order chi connectivity index (χ1) is 7.88. The van der Waals surface area contributed by atoms with Crippen LogP contribution in [-0.4, -0.2) is 47.3 Å². The molecule has 3 N–H and O–H groups in total. The highest BCUT2D eigenvalue weighted by Crippen LogP contribution is 1.97. The maximum Gasteiger partial charge on any atom is 0.321 e. The molecule has 7 heteroatoms. The number of rotatable bonds is 6. The summed E-state index contributed by atoms with van der Waals surface area (Å²) in [5.41, 5.74) is 0. The highest BCUT2D eigenvalue weighted by Gasteiger charge is 2.15. The Labute approximate surface area is 104 Å².